The molecular weight excluding hydrogens is 262 g/mol. The monoisotopic (exact) mass is 276 g/mol. The predicted octanol–water partition coefficient (Wildman–Crippen LogP) is 2.65. The number of rotatable bonds is 4. The molecule has 0 spiro atoms. The van der Waals surface area contributed by atoms with Crippen LogP contribution in [0.25, 0.3) is 0 Å². The quantitative estimate of drug-likeness (QED) is 0.260. The minimum Gasteiger partial charge on any atom is -0.322 e. The zero-order valence-electron chi connectivity index (χ0n) is 9.93. The van der Waals surface area contributed by atoms with Crippen molar-refractivity contribution in [2.45, 2.75) is 19.8 Å². The number of nitrogens with zero attached hydrogens (tertiary/aromatic N) is 1. The summed E-state index contributed by atoms with van der Waals surface area (Å²) in [4.78, 5) is 4.08. The SMILES string of the molecule is CCCCN=C(NN)Nc1c(F)cc(F)cc1Cl. The summed E-state index contributed by atoms with van der Waals surface area (Å²) in [5.74, 6) is 3.88. The van der Waals surface area contributed by atoms with Gasteiger partial charge in [-0.3, -0.25) is 10.4 Å². The Morgan fingerprint density at radius 2 is 2.17 bits per heavy atom. The number of unbranched alkanes of at least 4 members (excludes halogenated alkanes) is 1. The van der Waals surface area contributed by atoms with E-state index in [0.29, 0.717) is 6.54 Å². The van der Waals surface area contributed by atoms with E-state index in [-0.39, 0.29) is 16.7 Å². The summed E-state index contributed by atoms with van der Waals surface area (Å²) < 4.78 is 26.3. The number of halogens is 3. The molecule has 0 radical (unpaired) electrons. The Morgan fingerprint density at radius 1 is 1.44 bits per heavy atom. The lowest BCUT2D eigenvalue weighted by atomic mass is 10.3. The van der Waals surface area contributed by atoms with Crippen molar-refractivity contribution in [1.29, 1.82) is 0 Å². The largest absolute Gasteiger partial charge is 0.322 e. The molecule has 0 atom stereocenters. The van der Waals surface area contributed by atoms with E-state index in [2.05, 4.69) is 15.7 Å². The van der Waals surface area contributed by atoms with Gasteiger partial charge < -0.3 is 5.32 Å². The van der Waals surface area contributed by atoms with Crippen molar-refractivity contribution in [3.05, 3.63) is 28.8 Å². The molecule has 0 bridgehead atoms. The predicted molar refractivity (Wildman–Crippen MR) is 69.5 cm³/mol. The minimum absolute atomic E-state index is 0.0636. The van der Waals surface area contributed by atoms with Crippen LogP contribution in [0.4, 0.5) is 14.5 Å². The second-order valence-electron chi connectivity index (χ2n) is 3.60. The van der Waals surface area contributed by atoms with Crippen LogP contribution >= 0.6 is 11.6 Å². The molecule has 7 heteroatoms. The lowest BCUT2D eigenvalue weighted by Gasteiger charge is -2.11. The first-order chi connectivity index (χ1) is 8.58. The summed E-state index contributed by atoms with van der Waals surface area (Å²) in [7, 11) is 0. The molecule has 0 aliphatic rings. The number of hydrogen-bond donors (Lipinski definition) is 3. The molecule has 0 aliphatic carbocycles. The first-order valence-corrected chi connectivity index (χ1v) is 5.89. The van der Waals surface area contributed by atoms with Crippen molar-refractivity contribution in [2.24, 2.45) is 10.8 Å². The van der Waals surface area contributed by atoms with Crippen LogP contribution in [0.15, 0.2) is 17.1 Å². The zero-order chi connectivity index (χ0) is 13.5. The van der Waals surface area contributed by atoms with Crippen molar-refractivity contribution < 1.29 is 8.78 Å². The minimum atomic E-state index is -0.807. The molecule has 0 saturated heterocycles. The lowest BCUT2D eigenvalue weighted by Crippen LogP contribution is -2.36. The molecule has 1 rings (SSSR count). The highest BCUT2D eigenvalue weighted by atomic mass is 35.5. The Kier molecular flexibility index (Phi) is 5.80. The third-order valence-corrected chi connectivity index (χ3v) is 2.47. The second kappa shape index (κ2) is 7.13. The van der Waals surface area contributed by atoms with E-state index in [4.69, 9.17) is 17.4 Å². The first kappa shape index (κ1) is 14.7. The van der Waals surface area contributed by atoms with Crippen molar-refractivity contribution in [1.82, 2.24) is 5.43 Å². The zero-order valence-corrected chi connectivity index (χ0v) is 10.7. The highest BCUT2D eigenvalue weighted by molar-refractivity contribution is 6.33. The summed E-state index contributed by atoms with van der Waals surface area (Å²) in [5.41, 5.74) is 2.23. The maximum absolute atomic E-state index is 13.5. The topological polar surface area (TPSA) is 62.4 Å². The fourth-order valence-corrected chi connectivity index (χ4v) is 1.49. The van der Waals surface area contributed by atoms with E-state index < -0.39 is 11.6 Å². The Bertz CT molecular complexity index is 414. The lowest BCUT2D eigenvalue weighted by molar-refractivity contribution is 0.586. The average molecular weight is 277 g/mol. The van der Waals surface area contributed by atoms with Crippen molar-refractivity contribution >= 4 is 23.2 Å². The molecule has 0 unspecified atom stereocenters. The molecule has 18 heavy (non-hydrogen) atoms. The number of nitrogens with two attached hydrogens (primary N) is 1. The van der Waals surface area contributed by atoms with Gasteiger partial charge in [-0.15, -0.1) is 0 Å². The van der Waals surface area contributed by atoms with Crippen LogP contribution in [0.5, 0.6) is 0 Å². The van der Waals surface area contributed by atoms with E-state index in [9.17, 15) is 8.78 Å². The number of aliphatic imine (C=N–C) groups is 1. The van der Waals surface area contributed by atoms with Gasteiger partial charge in [-0.05, 0) is 12.5 Å². The van der Waals surface area contributed by atoms with Gasteiger partial charge in [0.15, 0.2) is 5.82 Å². The summed E-state index contributed by atoms with van der Waals surface area (Å²) in [5, 5.41) is 2.51. The molecule has 4 N–H and O–H groups in total. The third kappa shape index (κ3) is 4.12. The van der Waals surface area contributed by atoms with Crippen LogP contribution in [-0.4, -0.2) is 12.5 Å². The Balaban J connectivity index is 2.85. The number of benzene rings is 1. The molecule has 0 aliphatic heterocycles. The Morgan fingerprint density at radius 3 is 2.72 bits per heavy atom. The van der Waals surface area contributed by atoms with Crippen LogP contribution < -0.4 is 16.6 Å². The van der Waals surface area contributed by atoms with E-state index in [1.165, 1.54) is 0 Å². The van der Waals surface area contributed by atoms with Crippen LogP contribution in [0.2, 0.25) is 5.02 Å². The average Bonchev–Trinajstić information content (AvgIpc) is 2.31. The summed E-state index contributed by atoms with van der Waals surface area (Å²) in [6.45, 7) is 2.57. The van der Waals surface area contributed by atoms with Crippen LogP contribution in [0.3, 0.4) is 0 Å². The molecular formula is C11H15ClF2N4. The van der Waals surface area contributed by atoms with E-state index in [0.717, 1.165) is 25.0 Å². The standard InChI is InChI=1S/C11H15ClF2N4/c1-2-3-4-16-11(18-15)17-10-8(12)5-7(13)6-9(10)14/h5-6H,2-4,15H2,1H3,(H2,16,17,18). The summed E-state index contributed by atoms with van der Waals surface area (Å²) in [6, 6.07) is 1.74. The molecule has 4 nitrogen and oxygen atoms in total. The summed E-state index contributed by atoms with van der Waals surface area (Å²) >= 11 is 5.73. The number of anilines is 1. The maximum Gasteiger partial charge on any atom is 0.210 e. The van der Waals surface area contributed by atoms with Gasteiger partial charge in [0, 0.05) is 12.6 Å². The van der Waals surface area contributed by atoms with Crippen molar-refractivity contribution in [3.8, 4) is 0 Å². The van der Waals surface area contributed by atoms with Gasteiger partial charge in [0.25, 0.3) is 0 Å². The van der Waals surface area contributed by atoms with E-state index in [1.807, 2.05) is 6.92 Å². The number of hydrazine groups is 1. The molecule has 0 saturated carbocycles. The Labute approximate surface area is 109 Å². The number of guanidine groups is 1. The van der Waals surface area contributed by atoms with Gasteiger partial charge in [0.2, 0.25) is 5.96 Å². The van der Waals surface area contributed by atoms with Gasteiger partial charge >= 0.3 is 0 Å². The maximum atomic E-state index is 13.5. The normalized spacial score (nSPS) is 11.5. The van der Waals surface area contributed by atoms with Crippen LogP contribution in [-0.2, 0) is 0 Å². The van der Waals surface area contributed by atoms with Gasteiger partial charge in [-0.1, -0.05) is 24.9 Å². The molecule has 0 amide bonds. The van der Waals surface area contributed by atoms with Crippen LogP contribution in [0.1, 0.15) is 19.8 Å². The van der Waals surface area contributed by atoms with E-state index in [1.54, 1.807) is 0 Å². The van der Waals surface area contributed by atoms with Gasteiger partial charge in [0.1, 0.15) is 5.82 Å². The van der Waals surface area contributed by atoms with Gasteiger partial charge in [-0.25, -0.2) is 14.6 Å². The molecule has 100 valence electrons. The third-order valence-electron chi connectivity index (χ3n) is 2.17. The fraction of sp³-hybridized carbons (Fsp3) is 0.364. The number of nitrogens with one attached hydrogen (secondary N) is 2. The molecule has 0 fully saturated rings. The summed E-state index contributed by atoms with van der Waals surface area (Å²) in [6.07, 6.45) is 1.86. The molecule has 1 aromatic carbocycles. The van der Waals surface area contributed by atoms with Crippen molar-refractivity contribution in [3.63, 3.8) is 0 Å². The second-order valence-corrected chi connectivity index (χ2v) is 4.00. The first-order valence-electron chi connectivity index (χ1n) is 5.51. The number of hydrogen-bond acceptors (Lipinski definition) is 2. The van der Waals surface area contributed by atoms with E-state index >= 15 is 0 Å². The highest BCUT2D eigenvalue weighted by Crippen LogP contribution is 2.26. The Hall–Kier alpha value is -1.40. The molecule has 0 heterocycles. The fourth-order valence-electron chi connectivity index (χ4n) is 1.25. The van der Waals surface area contributed by atoms with Gasteiger partial charge in [0.05, 0.1) is 10.7 Å². The molecule has 1 aromatic rings. The van der Waals surface area contributed by atoms with Crippen molar-refractivity contribution in [2.75, 3.05) is 11.9 Å². The smallest absolute Gasteiger partial charge is 0.210 e. The van der Waals surface area contributed by atoms with Crippen LogP contribution in [0, 0.1) is 11.6 Å². The molecule has 0 aromatic heterocycles. The van der Waals surface area contributed by atoms with Gasteiger partial charge in [-0.2, -0.15) is 0 Å². The highest BCUT2D eigenvalue weighted by Gasteiger charge is 2.11.